The predicted octanol–water partition coefficient (Wildman–Crippen LogP) is 5.57. The van der Waals surface area contributed by atoms with Crippen LogP contribution < -0.4 is 10.5 Å². The highest BCUT2D eigenvalue weighted by atomic mass is 35.5. The Morgan fingerprint density at radius 3 is 2.42 bits per heavy atom. The zero-order valence-corrected chi connectivity index (χ0v) is 17.2. The Hall–Kier alpha value is -3.90. The quantitative estimate of drug-likeness (QED) is 0.396. The van der Waals surface area contributed by atoms with Crippen LogP contribution >= 0.6 is 11.6 Å². The van der Waals surface area contributed by atoms with Crippen LogP contribution in [0.1, 0.15) is 5.56 Å². The average Bonchev–Trinajstić information content (AvgIpc) is 3.15. The number of hydrogen-bond acceptors (Lipinski definition) is 5. The van der Waals surface area contributed by atoms with E-state index < -0.39 is 0 Å². The Morgan fingerprint density at radius 2 is 1.65 bits per heavy atom. The molecule has 0 aliphatic carbocycles. The van der Waals surface area contributed by atoms with Crippen molar-refractivity contribution in [2.24, 2.45) is 0 Å². The first-order chi connectivity index (χ1) is 15.2. The van der Waals surface area contributed by atoms with Crippen molar-refractivity contribution in [1.29, 1.82) is 0 Å². The third kappa shape index (κ3) is 3.93. The van der Waals surface area contributed by atoms with Gasteiger partial charge in [0.05, 0.1) is 11.9 Å². The molecule has 5 aromatic rings. The third-order valence-electron chi connectivity index (χ3n) is 4.89. The van der Waals surface area contributed by atoms with Gasteiger partial charge in [0.15, 0.2) is 5.65 Å². The maximum absolute atomic E-state index is 6.21. The summed E-state index contributed by atoms with van der Waals surface area (Å²) in [5.41, 5.74) is 9.52. The van der Waals surface area contributed by atoms with Crippen molar-refractivity contribution in [3.63, 3.8) is 0 Å². The van der Waals surface area contributed by atoms with E-state index in [1.807, 2.05) is 83.5 Å². The molecule has 3 aromatic carbocycles. The molecule has 0 amide bonds. The van der Waals surface area contributed by atoms with E-state index in [2.05, 4.69) is 9.97 Å². The largest absolute Gasteiger partial charge is 0.457 e. The first-order valence-corrected chi connectivity index (χ1v) is 10.1. The molecular weight excluding hydrogens is 410 g/mol. The average molecular weight is 428 g/mol. The van der Waals surface area contributed by atoms with Gasteiger partial charge in [0.25, 0.3) is 0 Å². The predicted molar refractivity (Wildman–Crippen MR) is 122 cm³/mol. The van der Waals surface area contributed by atoms with E-state index in [1.54, 1.807) is 0 Å². The van der Waals surface area contributed by atoms with Crippen LogP contribution in [0.25, 0.3) is 22.3 Å². The van der Waals surface area contributed by atoms with E-state index in [1.165, 1.54) is 6.33 Å². The van der Waals surface area contributed by atoms with Gasteiger partial charge in [-0.3, -0.25) is 0 Å². The summed E-state index contributed by atoms with van der Waals surface area (Å²) >= 11 is 6.14. The standard InChI is InChI=1S/C24H18ClN5O/c25-18-6-4-5-16(13-18)14-30-24-21(23(26)27-15-28-24)22(29-30)17-9-11-20(12-10-17)31-19-7-2-1-3-8-19/h1-13,15H,14H2,(H2,26,27,28). The second-order valence-corrected chi connectivity index (χ2v) is 7.47. The normalized spacial score (nSPS) is 11.0. The van der Waals surface area contributed by atoms with Gasteiger partial charge >= 0.3 is 0 Å². The molecule has 2 heterocycles. The highest BCUT2D eigenvalue weighted by molar-refractivity contribution is 6.30. The number of aromatic nitrogens is 4. The van der Waals surface area contributed by atoms with Gasteiger partial charge in [-0.1, -0.05) is 41.9 Å². The summed E-state index contributed by atoms with van der Waals surface area (Å²) in [6, 6.07) is 25.0. The monoisotopic (exact) mass is 427 g/mol. The van der Waals surface area contributed by atoms with Crippen molar-refractivity contribution < 1.29 is 4.74 Å². The minimum atomic E-state index is 0.391. The van der Waals surface area contributed by atoms with Crippen molar-refractivity contribution in [3.05, 3.63) is 95.8 Å². The molecule has 0 atom stereocenters. The second kappa shape index (κ2) is 8.08. The summed E-state index contributed by atoms with van der Waals surface area (Å²) < 4.78 is 7.71. The molecule has 6 nitrogen and oxygen atoms in total. The molecule has 0 radical (unpaired) electrons. The summed E-state index contributed by atoms with van der Waals surface area (Å²) in [7, 11) is 0. The first-order valence-electron chi connectivity index (χ1n) is 9.72. The van der Waals surface area contributed by atoms with Gasteiger partial charge in [-0.05, 0) is 54.1 Å². The van der Waals surface area contributed by atoms with Crippen LogP contribution in [0.15, 0.2) is 85.2 Å². The molecule has 0 saturated carbocycles. The number of para-hydroxylation sites is 1. The van der Waals surface area contributed by atoms with E-state index in [0.29, 0.717) is 23.0 Å². The first kappa shape index (κ1) is 19.1. The minimum absolute atomic E-state index is 0.391. The number of nitrogen functional groups attached to an aromatic ring is 1. The minimum Gasteiger partial charge on any atom is -0.457 e. The van der Waals surface area contributed by atoms with E-state index in [4.69, 9.17) is 27.2 Å². The number of benzene rings is 3. The zero-order chi connectivity index (χ0) is 21.2. The lowest BCUT2D eigenvalue weighted by atomic mass is 10.1. The van der Waals surface area contributed by atoms with Crippen molar-refractivity contribution in [1.82, 2.24) is 19.7 Å². The van der Waals surface area contributed by atoms with Gasteiger partial charge in [0, 0.05) is 10.6 Å². The Morgan fingerprint density at radius 1 is 0.871 bits per heavy atom. The lowest BCUT2D eigenvalue weighted by Gasteiger charge is -2.06. The van der Waals surface area contributed by atoms with E-state index in [-0.39, 0.29) is 0 Å². The smallest absolute Gasteiger partial charge is 0.164 e. The summed E-state index contributed by atoms with van der Waals surface area (Å²) in [6.45, 7) is 0.517. The number of hydrogen-bond donors (Lipinski definition) is 1. The molecule has 2 aromatic heterocycles. The Bertz CT molecular complexity index is 1350. The molecule has 0 fully saturated rings. The van der Waals surface area contributed by atoms with Gasteiger partial charge in [-0.25, -0.2) is 14.6 Å². The number of nitrogens with zero attached hydrogens (tertiary/aromatic N) is 4. The summed E-state index contributed by atoms with van der Waals surface area (Å²) in [6.07, 6.45) is 1.45. The van der Waals surface area contributed by atoms with Crippen molar-refractivity contribution in [2.75, 3.05) is 5.73 Å². The summed E-state index contributed by atoms with van der Waals surface area (Å²) in [4.78, 5) is 8.60. The van der Waals surface area contributed by atoms with Crippen LogP contribution in [0.3, 0.4) is 0 Å². The molecule has 2 N–H and O–H groups in total. The fraction of sp³-hybridized carbons (Fsp3) is 0.0417. The lowest BCUT2D eigenvalue weighted by Crippen LogP contribution is -2.03. The summed E-state index contributed by atoms with van der Waals surface area (Å²) in [5.74, 6) is 1.91. The highest BCUT2D eigenvalue weighted by Gasteiger charge is 2.17. The molecule has 0 unspecified atom stereocenters. The Labute approximate surface area is 183 Å². The van der Waals surface area contributed by atoms with Crippen LogP contribution in [-0.4, -0.2) is 19.7 Å². The number of ether oxygens (including phenoxy) is 1. The number of fused-ring (bicyclic) bond motifs is 1. The molecule has 7 heteroatoms. The molecular formula is C24H18ClN5O. The Balaban J connectivity index is 1.52. The van der Waals surface area contributed by atoms with Crippen molar-refractivity contribution >= 4 is 28.5 Å². The van der Waals surface area contributed by atoms with Crippen LogP contribution in [0.5, 0.6) is 11.5 Å². The highest BCUT2D eigenvalue weighted by Crippen LogP contribution is 2.32. The lowest BCUT2D eigenvalue weighted by molar-refractivity contribution is 0.483. The maximum atomic E-state index is 6.21. The molecule has 0 bridgehead atoms. The number of anilines is 1. The van der Waals surface area contributed by atoms with Crippen molar-refractivity contribution in [3.8, 4) is 22.8 Å². The molecule has 0 saturated heterocycles. The van der Waals surface area contributed by atoms with Crippen LogP contribution in [0.4, 0.5) is 5.82 Å². The molecule has 5 rings (SSSR count). The topological polar surface area (TPSA) is 78.8 Å². The van der Waals surface area contributed by atoms with Crippen molar-refractivity contribution in [2.45, 2.75) is 6.54 Å². The van der Waals surface area contributed by atoms with E-state index in [0.717, 1.165) is 33.7 Å². The molecule has 0 spiro atoms. The van der Waals surface area contributed by atoms with Crippen LogP contribution in [-0.2, 0) is 6.54 Å². The number of rotatable bonds is 5. The number of nitrogens with two attached hydrogens (primary N) is 1. The van der Waals surface area contributed by atoms with Gasteiger partial charge in [-0.2, -0.15) is 5.10 Å². The molecule has 152 valence electrons. The fourth-order valence-electron chi connectivity index (χ4n) is 3.46. The van der Waals surface area contributed by atoms with Gasteiger partial charge in [-0.15, -0.1) is 0 Å². The second-order valence-electron chi connectivity index (χ2n) is 7.03. The van der Waals surface area contributed by atoms with E-state index >= 15 is 0 Å². The Kier molecular flexibility index (Phi) is 4.98. The molecule has 31 heavy (non-hydrogen) atoms. The molecule has 0 aliphatic heterocycles. The molecule has 0 aliphatic rings. The van der Waals surface area contributed by atoms with Gasteiger partial charge in [0.2, 0.25) is 0 Å². The van der Waals surface area contributed by atoms with Gasteiger partial charge < -0.3 is 10.5 Å². The van der Waals surface area contributed by atoms with Crippen LogP contribution in [0.2, 0.25) is 5.02 Å². The zero-order valence-electron chi connectivity index (χ0n) is 16.4. The maximum Gasteiger partial charge on any atom is 0.164 e. The fourth-order valence-corrected chi connectivity index (χ4v) is 3.67. The van der Waals surface area contributed by atoms with Crippen LogP contribution in [0, 0.1) is 0 Å². The SMILES string of the molecule is Nc1ncnc2c1c(-c1ccc(Oc3ccccc3)cc1)nn2Cc1cccc(Cl)c1. The number of halogens is 1. The van der Waals surface area contributed by atoms with Gasteiger partial charge in [0.1, 0.15) is 29.3 Å². The van der Waals surface area contributed by atoms with E-state index in [9.17, 15) is 0 Å². The summed E-state index contributed by atoms with van der Waals surface area (Å²) in [5, 5.41) is 6.21. The third-order valence-corrected chi connectivity index (χ3v) is 5.12.